The Kier molecular flexibility index (Phi) is 4.99. The van der Waals surface area contributed by atoms with Crippen LogP contribution in [0.4, 0.5) is 0 Å². The van der Waals surface area contributed by atoms with Crippen LogP contribution in [0.2, 0.25) is 0 Å². The van der Waals surface area contributed by atoms with Crippen LogP contribution < -0.4 is 33.3 Å². The smallest absolute Gasteiger partial charge is 0.245 e. The highest BCUT2D eigenvalue weighted by molar-refractivity contribution is 7.13. The van der Waals surface area contributed by atoms with Crippen molar-refractivity contribution in [3.05, 3.63) is 11.2 Å². The van der Waals surface area contributed by atoms with E-state index in [1.54, 1.807) is 11.3 Å². The fraction of sp³-hybridized carbons (Fsp3) is 0.571. The zero-order valence-corrected chi connectivity index (χ0v) is 9.90. The van der Waals surface area contributed by atoms with Crippen LogP contribution in [0.15, 0.2) is 6.20 Å². The van der Waals surface area contributed by atoms with Crippen molar-refractivity contribution in [2.24, 2.45) is 7.05 Å². The molecule has 0 aliphatic carbocycles. The number of aromatic nitrogens is 1. The van der Waals surface area contributed by atoms with Gasteiger partial charge in [-0.3, -0.25) is 0 Å². The van der Waals surface area contributed by atoms with Crippen molar-refractivity contribution in [2.45, 2.75) is 13.8 Å². The third-order valence-electron chi connectivity index (χ3n) is 1.33. The number of nitrogens with zero attached hydrogens (tertiary/aromatic N) is 1. The van der Waals surface area contributed by atoms with Gasteiger partial charge in [-0.2, -0.15) is 4.57 Å². The molecule has 0 N–H and O–H groups in total. The minimum Gasteiger partial charge on any atom is -1.00 e. The molecule has 0 aliphatic rings. The Hall–Kier alpha value is 0.160. The molecule has 0 saturated carbocycles. The largest absolute Gasteiger partial charge is 1.00 e. The van der Waals surface area contributed by atoms with Gasteiger partial charge in [0.1, 0.15) is 7.05 Å². The number of thiazole rings is 1. The van der Waals surface area contributed by atoms with Crippen LogP contribution in [-0.2, 0) is 7.05 Å². The van der Waals surface area contributed by atoms with Crippen molar-refractivity contribution >= 4 is 11.3 Å². The molecular weight excluding hydrogens is 273 g/mol. The van der Waals surface area contributed by atoms with Gasteiger partial charge in [0.15, 0.2) is 0 Å². The first kappa shape index (κ1) is 11.2. The van der Waals surface area contributed by atoms with E-state index in [0.717, 1.165) is 11.7 Å². The third-order valence-corrected chi connectivity index (χ3v) is 2.34. The zero-order valence-electron chi connectivity index (χ0n) is 6.93. The molecule has 64 valence electrons. The maximum atomic E-state index is 5.31. The molecule has 1 aromatic rings. The second-order valence-corrected chi connectivity index (χ2v) is 3.31. The molecular formula is C7H12INOS. The van der Waals surface area contributed by atoms with E-state index in [1.807, 2.05) is 20.2 Å². The van der Waals surface area contributed by atoms with E-state index in [9.17, 15) is 0 Å². The van der Waals surface area contributed by atoms with Crippen LogP contribution in [0.1, 0.15) is 11.9 Å². The summed E-state index contributed by atoms with van der Waals surface area (Å²) in [6.45, 7) is 4.82. The van der Waals surface area contributed by atoms with Gasteiger partial charge in [-0.1, -0.05) is 0 Å². The number of ether oxygens (including phenoxy) is 1. The fourth-order valence-electron chi connectivity index (χ4n) is 0.702. The molecule has 0 unspecified atom stereocenters. The van der Waals surface area contributed by atoms with E-state index in [1.165, 1.54) is 5.01 Å². The second kappa shape index (κ2) is 4.92. The highest BCUT2D eigenvalue weighted by Crippen LogP contribution is 2.18. The van der Waals surface area contributed by atoms with Crippen molar-refractivity contribution in [1.29, 1.82) is 0 Å². The Bertz CT molecular complexity index is 205. The maximum absolute atomic E-state index is 5.31. The molecule has 0 radical (unpaired) electrons. The number of hydrogen-bond donors (Lipinski definition) is 0. The van der Waals surface area contributed by atoms with Gasteiger partial charge in [-0.05, 0) is 18.3 Å². The summed E-state index contributed by atoms with van der Waals surface area (Å²) >= 11 is 1.68. The lowest BCUT2D eigenvalue weighted by Crippen LogP contribution is -3.00. The summed E-state index contributed by atoms with van der Waals surface area (Å²) in [7, 11) is 2.02. The normalized spacial score (nSPS) is 9.00. The van der Waals surface area contributed by atoms with Crippen molar-refractivity contribution in [2.75, 3.05) is 6.61 Å². The SMILES string of the molecule is CCOc1c[n+](C)c(C)s1.[I-]. The van der Waals surface area contributed by atoms with Gasteiger partial charge in [0, 0.05) is 6.92 Å². The molecule has 2 nitrogen and oxygen atoms in total. The van der Waals surface area contributed by atoms with Crippen molar-refractivity contribution in [3.8, 4) is 5.06 Å². The summed E-state index contributed by atoms with van der Waals surface area (Å²) in [5.74, 6) is 0. The van der Waals surface area contributed by atoms with E-state index in [4.69, 9.17) is 4.74 Å². The minimum atomic E-state index is 0. The van der Waals surface area contributed by atoms with Crippen molar-refractivity contribution < 1.29 is 33.3 Å². The van der Waals surface area contributed by atoms with Gasteiger partial charge in [0.2, 0.25) is 16.3 Å². The van der Waals surface area contributed by atoms with E-state index < -0.39 is 0 Å². The van der Waals surface area contributed by atoms with Crippen molar-refractivity contribution in [1.82, 2.24) is 0 Å². The molecule has 0 amide bonds. The molecule has 0 fully saturated rings. The fourth-order valence-corrected chi connectivity index (χ4v) is 1.58. The molecule has 1 heterocycles. The predicted octanol–water partition coefficient (Wildman–Crippen LogP) is -1.72. The van der Waals surface area contributed by atoms with Crippen LogP contribution in [0, 0.1) is 6.92 Å². The molecule has 1 rings (SSSR count). The van der Waals surface area contributed by atoms with Gasteiger partial charge < -0.3 is 28.7 Å². The lowest BCUT2D eigenvalue weighted by atomic mass is 10.7. The van der Waals surface area contributed by atoms with Crippen LogP contribution in [0.5, 0.6) is 5.06 Å². The average Bonchev–Trinajstić information content (AvgIpc) is 2.14. The Balaban J connectivity index is 0.000001000. The first-order valence-electron chi connectivity index (χ1n) is 3.33. The number of hydrogen-bond acceptors (Lipinski definition) is 2. The summed E-state index contributed by atoms with van der Waals surface area (Å²) in [4.78, 5) is 0. The Morgan fingerprint density at radius 2 is 2.27 bits per heavy atom. The summed E-state index contributed by atoms with van der Waals surface area (Å²) in [6.07, 6.45) is 2.00. The van der Waals surface area contributed by atoms with Gasteiger partial charge in [-0.25, -0.2) is 0 Å². The standard InChI is InChI=1S/C7H12NOS.HI/c1-4-9-7-5-8(3)6(2)10-7;/h5H,4H2,1-3H3;1H/q+1;/p-1. The molecule has 1 aromatic heterocycles. The van der Waals surface area contributed by atoms with E-state index in [-0.39, 0.29) is 24.0 Å². The van der Waals surface area contributed by atoms with Gasteiger partial charge in [0.25, 0.3) is 0 Å². The van der Waals surface area contributed by atoms with Crippen molar-refractivity contribution in [3.63, 3.8) is 0 Å². The molecule has 4 heteroatoms. The number of halogens is 1. The monoisotopic (exact) mass is 285 g/mol. The number of aryl methyl sites for hydroxylation is 2. The molecule has 0 atom stereocenters. The molecule has 0 aliphatic heterocycles. The molecule has 11 heavy (non-hydrogen) atoms. The molecule has 0 aromatic carbocycles. The van der Waals surface area contributed by atoms with Crippen LogP contribution in [0.3, 0.4) is 0 Å². The Morgan fingerprint density at radius 1 is 1.64 bits per heavy atom. The quantitative estimate of drug-likeness (QED) is 0.466. The third kappa shape index (κ3) is 2.94. The van der Waals surface area contributed by atoms with Gasteiger partial charge in [-0.15, -0.1) is 0 Å². The summed E-state index contributed by atoms with van der Waals surface area (Å²) in [5, 5.41) is 2.27. The lowest BCUT2D eigenvalue weighted by Gasteiger charge is -1.90. The van der Waals surface area contributed by atoms with Gasteiger partial charge in [0.05, 0.1) is 6.61 Å². The van der Waals surface area contributed by atoms with Crippen LogP contribution in [-0.4, -0.2) is 6.61 Å². The van der Waals surface area contributed by atoms with Gasteiger partial charge >= 0.3 is 0 Å². The first-order valence-corrected chi connectivity index (χ1v) is 4.14. The zero-order chi connectivity index (χ0) is 7.56. The highest BCUT2D eigenvalue weighted by atomic mass is 127. The lowest BCUT2D eigenvalue weighted by molar-refractivity contribution is -0.672. The first-order chi connectivity index (χ1) is 4.74. The summed E-state index contributed by atoms with van der Waals surface area (Å²) in [5.41, 5.74) is 0. The Labute approximate surface area is 88.2 Å². The second-order valence-electron chi connectivity index (χ2n) is 2.11. The van der Waals surface area contributed by atoms with E-state index in [2.05, 4.69) is 11.5 Å². The maximum Gasteiger partial charge on any atom is 0.245 e. The van der Waals surface area contributed by atoms with E-state index >= 15 is 0 Å². The highest BCUT2D eigenvalue weighted by Gasteiger charge is 2.07. The predicted molar refractivity (Wildman–Crippen MR) is 41.4 cm³/mol. The molecule has 0 saturated heterocycles. The number of rotatable bonds is 2. The van der Waals surface area contributed by atoms with Crippen LogP contribution >= 0.6 is 11.3 Å². The Morgan fingerprint density at radius 3 is 2.64 bits per heavy atom. The molecule has 0 bridgehead atoms. The topological polar surface area (TPSA) is 13.1 Å². The molecule has 0 spiro atoms. The minimum absolute atomic E-state index is 0. The van der Waals surface area contributed by atoms with Crippen LogP contribution in [0.25, 0.3) is 0 Å². The average molecular weight is 285 g/mol. The summed E-state index contributed by atoms with van der Waals surface area (Å²) < 4.78 is 7.37. The summed E-state index contributed by atoms with van der Waals surface area (Å²) in [6, 6.07) is 0. The van der Waals surface area contributed by atoms with E-state index in [0.29, 0.717) is 0 Å².